The number of aromatic amines is 1. The maximum atomic E-state index is 11.2. The minimum Gasteiger partial charge on any atom is -0.464 e. The molecule has 1 rings (SSSR count). The van der Waals surface area contributed by atoms with Crippen LogP contribution in [0.1, 0.15) is 21.7 Å². The molecule has 0 saturated carbocycles. The van der Waals surface area contributed by atoms with Gasteiger partial charge in [-0.1, -0.05) is 0 Å². The minimum absolute atomic E-state index is 0.320. The van der Waals surface area contributed by atoms with Crippen molar-refractivity contribution in [2.24, 2.45) is 0 Å². The Morgan fingerprint density at radius 1 is 1.69 bits per heavy atom. The van der Waals surface area contributed by atoms with Gasteiger partial charge in [-0.25, -0.2) is 4.79 Å². The van der Waals surface area contributed by atoms with Gasteiger partial charge in [-0.3, -0.25) is 0 Å². The zero-order valence-corrected chi connectivity index (χ0v) is 8.10. The van der Waals surface area contributed by atoms with Gasteiger partial charge in [0.2, 0.25) is 0 Å². The Hall–Kier alpha value is -1.29. The van der Waals surface area contributed by atoms with E-state index in [9.17, 15) is 4.79 Å². The Morgan fingerprint density at radius 3 is 2.92 bits per heavy atom. The number of hydrogen-bond acceptors (Lipinski definition) is 3. The van der Waals surface area contributed by atoms with Crippen LogP contribution in [0.15, 0.2) is 6.07 Å². The maximum Gasteiger partial charge on any atom is 0.354 e. The van der Waals surface area contributed by atoms with Gasteiger partial charge in [0.15, 0.2) is 0 Å². The molecule has 0 aromatic carbocycles. The summed E-state index contributed by atoms with van der Waals surface area (Å²) in [6.45, 7) is 2.60. The van der Waals surface area contributed by atoms with Gasteiger partial charge in [-0.05, 0) is 25.6 Å². The third kappa shape index (κ3) is 2.09. The molecule has 0 atom stereocenters. The van der Waals surface area contributed by atoms with Crippen LogP contribution in [-0.2, 0) is 11.3 Å². The largest absolute Gasteiger partial charge is 0.464 e. The van der Waals surface area contributed by atoms with E-state index in [1.165, 1.54) is 7.11 Å². The Bertz CT molecular complexity index is 305. The summed E-state index contributed by atoms with van der Waals surface area (Å²) < 4.78 is 4.62. The Labute approximate surface area is 77.3 Å². The summed E-state index contributed by atoms with van der Waals surface area (Å²) in [5, 5.41) is 3.00. The smallest absolute Gasteiger partial charge is 0.354 e. The molecule has 1 aromatic rings. The van der Waals surface area contributed by atoms with Crippen molar-refractivity contribution < 1.29 is 9.53 Å². The highest BCUT2D eigenvalue weighted by atomic mass is 16.5. The first-order chi connectivity index (χ1) is 6.19. The Morgan fingerprint density at radius 2 is 2.38 bits per heavy atom. The van der Waals surface area contributed by atoms with Crippen LogP contribution in [0, 0.1) is 6.92 Å². The summed E-state index contributed by atoms with van der Waals surface area (Å²) >= 11 is 0. The van der Waals surface area contributed by atoms with Gasteiger partial charge >= 0.3 is 5.97 Å². The second-order valence-corrected chi connectivity index (χ2v) is 2.87. The van der Waals surface area contributed by atoms with Crippen molar-refractivity contribution >= 4 is 5.97 Å². The highest BCUT2D eigenvalue weighted by Gasteiger charge is 2.11. The van der Waals surface area contributed by atoms with Gasteiger partial charge in [0.25, 0.3) is 0 Å². The van der Waals surface area contributed by atoms with E-state index >= 15 is 0 Å². The Balaban J connectivity index is 2.89. The third-order valence-corrected chi connectivity index (χ3v) is 1.83. The van der Waals surface area contributed by atoms with E-state index in [1.54, 1.807) is 0 Å². The number of hydrogen-bond donors (Lipinski definition) is 2. The highest BCUT2D eigenvalue weighted by Crippen LogP contribution is 2.10. The number of esters is 1. The molecule has 1 heterocycles. The molecule has 13 heavy (non-hydrogen) atoms. The standard InChI is InChI=1S/C9H14N2O2/c1-6-4-7(5-10-2)11-8(6)9(12)13-3/h4,10-11H,5H2,1-3H3. The fourth-order valence-electron chi connectivity index (χ4n) is 1.23. The highest BCUT2D eigenvalue weighted by molar-refractivity contribution is 5.89. The van der Waals surface area contributed by atoms with Crippen molar-refractivity contribution in [3.05, 3.63) is 23.0 Å². The molecular weight excluding hydrogens is 168 g/mol. The number of ether oxygens (including phenoxy) is 1. The number of nitrogens with one attached hydrogen (secondary N) is 2. The second kappa shape index (κ2) is 4.09. The van der Waals surface area contributed by atoms with E-state index in [2.05, 4.69) is 15.0 Å². The van der Waals surface area contributed by atoms with Crippen LogP contribution in [0.4, 0.5) is 0 Å². The number of carbonyl (C=O) groups is 1. The van der Waals surface area contributed by atoms with Gasteiger partial charge in [-0.2, -0.15) is 0 Å². The first-order valence-electron chi connectivity index (χ1n) is 4.10. The minimum atomic E-state index is -0.320. The molecule has 0 aliphatic heterocycles. The molecule has 0 radical (unpaired) electrons. The lowest BCUT2D eigenvalue weighted by atomic mass is 10.2. The fraction of sp³-hybridized carbons (Fsp3) is 0.444. The van der Waals surface area contributed by atoms with E-state index < -0.39 is 0 Å². The summed E-state index contributed by atoms with van der Waals surface area (Å²) in [4.78, 5) is 14.2. The Kier molecular flexibility index (Phi) is 3.08. The van der Waals surface area contributed by atoms with Crippen LogP contribution in [0.25, 0.3) is 0 Å². The number of aromatic nitrogens is 1. The lowest BCUT2D eigenvalue weighted by molar-refractivity contribution is 0.0594. The van der Waals surface area contributed by atoms with E-state index in [-0.39, 0.29) is 5.97 Å². The van der Waals surface area contributed by atoms with Crippen LogP contribution < -0.4 is 5.32 Å². The van der Waals surface area contributed by atoms with Gasteiger partial charge in [-0.15, -0.1) is 0 Å². The number of carbonyl (C=O) groups excluding carboxylic acids is 1. The maximum absolute atomic E-state index is 11.2. The average molecular weight is 182 g/mol. The van der Waals surface area contributed by atoms with E-state index in [0.29, 0.717) is 5.69 Å². The van der Waals surface area contributed by atoms with Gasteiger partial charge < -0.3 is 15.0 Å². The molecule has 1 aromatic heterocycles. The molecule has 0 saturated heterocycles. The number of rotatable bonds is 3. The van der Waals surface area contributed by atoms with Crippen molar-refractivity contribution in [2.45, 2.75) is 13.5 Å². The lowest BCUT2D eigenvalue weighted by Crippen LogP contribution is -2.07. The summed E-state index contributed by atoms with van der Waals surface area (Å²) in [5.41, 5.74) is 2.44. The predicted octanol–water partition coefficient (Wildman–Crippen LogP) is 0.829. The van der Waals surface area contributed by atoms with Crippen LogP contribution >= 0.6 is 0 Å². The zero-order chi connectivity index (χ0) is 9.84. The molecule has 0 amide bonds. The lowest BCUT2D eigenvalue weighted by Gasteiger charge is -1.96. The number of aryl methyl sites for hydroxylation is 1. The van der Waals surface area contributed by atoms with E-state index in [1.807, 2.05) is 20.0 Å². The molecule has 0 aliphatic carbocycles. The summed E-state index contributed by atoms with van der Waals surface area (Å²) in [6, 6.07) is 1.93. The molecule has 0 aliphatic rings. The van der Waals surface area contributed by atoms with Crippen LogP contribution in [-0.4, -0.2) is 25.1 Å². The van der Waals surface area contributed by atoms with Crippen molar-refractivity contribution in [3.8, 4) is 0 Å². The normalized spacial score (nSPS) is 10.1. The summed E-state index contributed by atoms with van der Waals surface area (Å²) in [5.74, 6) is -0.320. The molecule has 0 bridgehead atoms. The molecule has 4 nitrogen and oxygen atoms in total. The predicted molar refractivity (Wildman–Crippen MR) is 49.6 cm³/mol. The fourth-order valence-corrected chi connectivity index (χ4v) is 1.23. The molecule has 4 heteroatoms. The average Bonchev–Trinajstić information content (AvgIpc) is 2.46. The van der Waals surface area contributed by atoms with Crippen molar-refractivity contribution in [1.82, 2.24) is 10.3 Å². The van der Waals surface area contributed by atoms with E-state index in [0.717, 1.165) is 17.8 Å². The SMILES string of the molecule is CNCc1cc(C)c(C(=O)OC)[nH]1. The van der Waals surface area contributed by atoms with Crippen LogP contribution in [0.2, 0.25) is 0 Å². The number of methoxy groups -OCH3 is 1. The molecule has 0 fully saturated rings. The molecular formula is C9H14N2O2. The first-order valence-corrected chi connectivity index (χ1v) is 4.10. The zero-order valence-electron chi connectivity index (χ0n) is 8.10. The van der Waals surface area contributed by atoms with Crippen molar-refractivity contribution in [1.29, 1.82) is 0 Å². The monoisotopic (exact) mass is 182 g/mol. The molecule has 0 spiro atoms. The third-order valence-electron chi connectivity index (χ3n) is 1.83. The molecule has 72 valence electrons. The van der Waals surface area contributed by atoms with Crippen molar-refractivity contribution in [2.75, 3.05) is 14.2 Å². The van der Waals surface area contributed by atoms with E-state index in [4.69, 9.17) is 0 Å². The van der Waals surface area contributed by atoms with Gasteiger partial charge in [0, 0.05) is 12.2 Å². The summed E-state index contributed by atoms with van der Waals surface area (Å²) in [7, 11) is 3.23. The van der Waals surface area contributed by atoms with Gasteiger partial charge in [0.05, 0.1) is 7.11 Å². The molecule has 0 unspecified atom stereocenters. The van der Waals surface area contributed by atoms with Crippen molar-refractivity contribution in [3.63, 3.8) is 0 Å². The van der Waals surface area contributed by atoms with Gasteiger partial charge in [0.1, 0.15) is 5.69 Å². The second-order valence-electron chi connectivity index (χ2n) is 2.87. The quantitative estimate of drug-likeness (QED) is 0.681. The molecule has 2 N–H and O–H groups in total. The number of H-pyrrole nitrogens is 1. The summed E-state index contributed by atoms with van der Waals surface area (Å²) in [6.07, 6.45) is 0. The van der Waals surface area contributed by atoms with Crippen LogP contribution in [0.5, 0.6) is 0 Å². The first kappa shape index (κ1) is 9.80. The van der Waals surface area contributed by atoms with Crippen LogP contribution in [0.3, 0.4) is 0 Å². The topological polar surface area (TPSA) is 54.1 Å².